The van der Waals surface area contributed by atoms with Gasteiger partial charge in [-0.1, -0.05) is 25.1 Å². The maximum Gasteiger partial charge on any atom is 0.165 e. The molecule has 0 bridgehead atoms. The van der Waals surface area contributed by atoms with Gasteiger partial charge in [-0.2, -0.15) is 0 Å². The summed E-state index contributed by atoms with van der Waals surface area (Å²) in [6.07, 6.45) is 1.01. The van der Waals surface area contributed by atoms with Gasteiger partial charge in [-0.05, 0) is 24.5 Å². The van der Waals surface area contributed by atoms with Crippen LogP contribution in [0.1, 0.15) is 18.1 Å². The normalized spacial score (nSPS) is 17.1. The zero-order chi connectivity index (χ0) is 12.3. The highest BCUT2D eigenvalue weighted by Crippen LogP contribution is 2.25. The van der Waals surface area contributed by atoms with Gasteiger partial charge in [0.25, 0.3) is 0 Å². The van der Waals surface area contributed by atoms with Gasteiger partial charge in [0.05, 0.1) is 13.1 Å². The first-order valence-corrected chi connectivity index (χ1v) is 6.28. The van der Waals surface area contributed by atoms with Gasteiger partial charge in [-0.25, -0.2) is 0 Å². The Hall–Kier alpha value is -1.35. The second-order valence-electron chi connectivity index (χ2n) is 4.57. The average Bonchev–Trinajstić information content (AvgIpc) is 2.53. The molecule has 0 aliphatic carbocycles. The fourth-order valence-corrected chi connectivity index (χ4v) is 2.44. The number of carbonyl (C=O) groups excluding carboxylic acids is 1. The molecular weight excluding hydrogens is 212 g/mol. The van der Waals surface area contributed by atoms with Crippen molar-refractivity contribution in [1.29, 1.82) is 0 Å². The van der Waals surface area contributed by atoms with E-state index in [2.05, 4.69) is 42.3 Å². The van der Waals surface area contributed by atoms with Gasteiger partial charge in [0.1, 0.15) is 0 Å². The van der Waals surface area contributed by atoms with E-state index in [1.807, 2.05) is 0 Å². The van der Waals surface area contributed by atoms with Crippen LogP contribution < -0.4 is 10.2 Å². The summed E-state index contributed by atoms with van der Waals surface area (Å²) in [5.74, 6) is 0.271. The second kappa shape index (κ2) is 5.32. The highest BCUT2D eigenvalue weighted by atomic mass is 16.1. The quantitative estimate of drug-likeness (QED) is 0.839. The predicted molar refractivity (Wildman–Crippen MR) is 70.6 cm³/mol. The molecule has 0 radical (unpaired) electrons. The van der Waals surface area contributed by atoms with Crippen LogP contribution in [0.15, 0.2) is 18.2 Å². The Balaban J connectivity index is 2.34. The molecule has 17 heavy (non-hydrogen) atoms. The number of Topliss-reactive ketones (excluding diaryl/α,β-unsaturated/α-hetero) is 1. The van der Waals surface area contributed by atoms with Crippen molar-refractivity contribution in [2.24, 2.45) is 0 Å². The fraction of sp³-hybridized carbons (Fsp3) is 0.500. The van der Waals surface area contributed by atoms with Gasteiger partial charge in [0.15, 0.2) is 5.78 Å². The molecule has 1 aromatic rings. The molecule has 1 heterocycles. The van der Waals surface area contributed by atoms with E-state index >= 15 is 0 Å². The summed E-state index contributed by atoms with van der Waals surface area (Å²) < 4.78 is 0. The van der Waals surface area contributed by atoms with Crippen molar-refractivity contribution < 1.29 is 4.79 Å². The second-order valence-corrected chi connectivity index (χ2v) is 4.57. The lowest BCUT2D eigenvalue weighted by Crippen LogP contribution is -2.31. The van der Waals surface area contributed by atoms with Crippen LogP contribution in [-0.4, -0.2) is 32.0 Å². The Kier molecular flexibility index (Phi) is 3.79. The molecule has 0 amide bonds. The summed E-state index contributed by atoms with van der Waals surface area (Å²) >= 11 is 0. The van der Waals surface area contributed by atoms with Crippen LogP contribution in [0.5, 0.6) is 0 Å². The Labute approximate surface area is 103 Å². The highest BCUT2D eigenvalue weighted by molar-refractivity contribution is 5.86. The highest BCUT2D eigenvalue weighted by Gasteiger charge is 2.18. The van der Waals surface area contributed by atoms with E-state index in [1.54, 1.807) is 0 Å². The zero-order valence-electron chi connectivity index (χ0n) is 10.6. The average molecular weight is 232 g/mol. The summed E-state index contributed by atoms with van der Waals surface area (Å²) in [6, 6.07) is 6.37. The molecule has 0 atom stereocenters. The third-order valence-electron chi connectivity index (χ3n) is 3.27. The molecule has 1 aliphatic heterocycles. The largest absolute Gasteiger partial charge is 0.362 e. The van der Waals surface area contributed by atoms with E-state index in [0.29, 0.717) is 13.1 Å². The van der Waals surface area contributed by atoms with Crippen molar-refractivity contribution >= 4 is 11.5 Å². The van der Waals surface area contributed by atoms with Crippen LogP contribution >= 0.6 is 0 Å². The summed E-state index contributed by atoms with van der Waals surface area (Å²) in [7, 11) is 0. The molecule has 1 aliphatic rings. The standard InChI is InChI=1S/C14H20N2O/c1-3-12-6-4-5-11(2)14(12)16-8-7-15-9-13(17)10-16/h4-6,15H,3,7-10H2,1-2H3. The molecule has 3 heteroatoms. The van der Waals surface area contributed by atoms with Gasteiger partial charge in [-0.3, -0.25) is 4.79 Å². The van der Waals surface area contributed by atoms with Crippen LogP contribution in [0.4, 0.5) is 5.69 Å². The van der Waals surface area contributed by atoms with Crippen molar-refractivity contribution in [1.82, 2.24) is 5.32 Å². The SMILES string of the molecule is CCc1cccc(C)c1N1CCNCC(=O)C1. The molecule has 1 N–H and O–H groups in total. The predicted octanol–water partition coefficient (Wildman–Crippen LogP) is 1.54. The number of hydrogen-bond acceptors (Lipinski definition) is 3. The number of benzene rings is 1. The van der Waals surface area contributed by atoms with Crippen molar-refractivity contribution in [3.63, 3.8) is 0 Å². The molecule has 0 saturated carbocycles. The summed E-state index contributed by atoms with van der Waals surface area (Å²) in [6.45, 7) is 7.11. The minimum Gasteiger partial charge on any atom is -0.362 e. The number of nitrogens with zero attached hydrogens (tertiary/aromatic N) is 1. The van der Waals surface area contributed by atoms with Crippen molar-refractivity contribution in [2.45, 2.75) is 20.3 Å². The van der Waals surface area contributed by atoms with Crippen LogP contribution in [0.2, 0.25) is 0 Å². The number of aryl methyl sites for hydroxylation is 2. The minimum atomic E-state index is 0.271. The van der Waals surface area contributed by atoms with E-state index in [0.717, 1.165) is 19.5 Å². The maximum atomic E-state index is 11.7. The Morgan fingerprint density at radius 1 is 1.41 bits per heavy atom. The molecule has 2 rings (SSSR count). The molecule has 1 saturated heterocycles. The molecule has 1 fully saturated rings. The Bertz CT molecular complexity index is 415. The van der Waals surface area contributed by atoms with Crippen LogP contribution in [0.25, 0.3) is 0 Å². The topological polar surface area (TPSA) is 32.3 Å². The monoisotopic (exact) mass is 232 g/mol. The van der Waals surface area contributed by atoms with E-state index < -0.39 is 0 Å². The number of anilines is 1. The minimum absolute atomic E-state index is 0.271. The lowest BCUT2D eigenvalue weighted by atomic mass is 10.0. The fourth-order valence-electron chi connectivity index (χ4n) is 2.44. The molecular formula is C14H20N2O. The Morgan fingerprint density at radius 2 is 2.24 bits per heavy atom. The first-order valence-electron chi connectivity index (χ1n) is 6.28. The van der Waals surface area contributed by atoms with Gasteiger partial charge in [0, 0.05) is 18.8 Å². The smallest absolute Gasteiger partial charge is 0.165 e. The van der Waals surface area contributed by atoms with Crippen LogP contribution in [0.3, 0.4) is 0 Å². The van der Waals surface area contributed by atoms with Gasteiger partial charge < -0.3 is 10.2 Å². The Morgan fingerprint density at radius 3 is 3.00 bits per heavy atom. The summed E-state index contributed by atoms with van der Waals surface area (Å²) in [5, 5.41) is 3.16. The first kappa shape index (κ1) is 12.1. The zero-order valence-corrected chi connectivity index (χ0v) is 10.6. The van der Waals surface area contributed by atoms with E-state index in [1.165, 1.54) is 16.8 Å². The maximum absolute atomic E-state index is 11.7. The molecule has 3 nitrogen and oxygen atoms in total. The molecule has 0 unspecified atom stereocenters. The lowest BCUT2D eigenvalue weighted by molar-refractivity contribution is -0.116. The lowest BCUT2D eigenvalue weighted by Gasteiger charge is -2.26. The molecule has 1 aromatic carbocycles. The van der Waals surface area contributed by atoms with Crippen LogP contribution in [0, 0.1) is 6.92 Å². The van der Waals surface area contributed by atoms with Crippen molar-refractivity contribution in [3.05, 3.63) is 29.3 Å². The van der Waals surface area contributed by atoms with Crippen molar-refractivity contribution in [3.8, 4) is 0 Å². The van der Waals surface area contributed by atoms with Gasteiger partial charge in [0.2, 0.25) is 0 Å². The number of carbonyl (C=O) groups is 1. The number of hydrogen-bond donors (Lipinski definition) is 1. The summed E-state index contributed by atoms with van der Waals surface area (Å²) in [4.78, 5) is 13.9. The number of rotatable bonds is 2. The number of ketones is 1. The van der Waals surface area contributed by atoms with Gasteiger partial charge >= 0.3 is 0 Å². The van der Waals surface area contributed by atoms with E-state index in [-0.39, 0.29) is 5.78 Å². The number of para-hydroxylation sites is 1. The molecule has 0 aromatic heterocycles. The third-order valence-corrected chi connectivity index (χ3v) is 3.27. The van der Waals surface area contributed by atoms with E-state index in [4.69, 9.17) is 0 Å². The summed E-state index contributed by atoms with van der Waals surface area (Å²) in [5.41, 5.74) is 3.85. The number of nitrogens with one attached hydrogen (secondary N) is 1. The van der Waals surface area contributed by atoms with Gasteiger partial charge in [-0.15, -0.1) is 0 Å². The first-order chi connectivity index (χ1) is 8.22. The molecule has 0 spiro atoms. The van der Waals surface area contributed by atoms with E-state index in [9.17, 15) is 4.79 Å². The molecule has 92 valence electrons. The van der Waals surface area contributed by atoms with Crippen LogP contribution in [-0.2, 0) is 11.2 Å². The van der Waals surface area contributed by atoms with Crippen molar-refractivity contribution in [2.75, 3.05) is 31.1 Å². The third kappa shape index (κ3) is 2.67.